The Kier molecular flexibility index (Phi) is 1.74. The molecule has 1 amide bonds. The van der Waals surface area contributed by atoms with Crippen LogP contribution in [-0.4, -0.2) is 20.3 Å². The van der Waals surface area contributed by atoms with Gasteiger partial charge in [-0.3, -0.25) is 14.0 Å². The molecule has 0 bridgehead atoms. The zero-order chi connectivity index (χ0) is 10.1. The number of carbonyl (C=O) groups is 1. The summed E-state index contributed by atoms with van der Waals surface area (Å²) in [6.45, 7) is 0. The Morgan fingerprint density at radius 3 is 2.93 bits per heavy atom. The monoisotopic (exact) mass is 190 g/mol. The molecule has 6 heteroatoms. The molecule has 2 N–H and O–H groups in total. The van der Waals surface area contributed by atoms with Gasteiger partial charge in [0.1, 0.15) is 5.56 Å². The molecular formula is C8H6N4O2. The molecular weight excluding hydrogens is 184 g/mol. The SMILES string of the molecule is NC(=O)c1cnc2ncccn2c1=O. The summed E-state index contributed by atoms with van der Waals surface area (Å²) >= 11 is 0. The lowest BCUT2D eigenvalue weighted by Gasteiger charge is -1.98. The molecule has 0 fully saturated rings. The van der Waals surface area contributed by atoms with Gasteiger partial charge >= 0.3 is 0 Å². The van der Waals surface area contributed by atoms with Crippen LogP contribution in [0.25, 0.3) is 5.78 Å². The maximum Gasteiger partial charge on any atom is 0.271 e. The predicted molar refractivity (Wildman–Crippen MR) is 47.8 cm³/mol. The quantitative estimate of drug-likeness (QED) is 0.636. The third-order valence-corrected chi connectivity index (χ3v) is 1.75. The second kappa shape index (κ2) is 2.91. The highest BCUT2D eigenvalue weighted by molar-refractivity contribution is 5.92. The van der Waals surface area contributed by atoms with E-state index < -0.39 is 11.5 Å². The van der Waals surface area contributed by atoms with Crippen molar-refractivity contribution in [1.29, 1.82) is 0 Å². The summed E-state index contributed by atoms with van der Waals surface area (Å²) in [6.07, 6.45) is 4.11. The number of nitrogens with two attached hydrogens (primary N) is 1. The molecule has 70 valence electrons. The van der Waals surface area contributed by atoms with Crippen molar-refractivity contribution in [2.45, 2.75) is 0 Å². The van der Waals surface area contributed by atoms with Gasteiger partial charge in [-0.2, -0.15) is 0 Å². The Morgan fingerprint density at radius 1 is 1.43 bits per heavy atom. The number of aromatic nitrogens is 3. The number of hydrogen-bond donors (Lipinski definition) is 1. The fraction of sp³-hybridized carbons (Fsp3) is 0. The van der Waals surface area contributed by atoms with Crippen LogP contribution in [0.15, 0.2) is 29.5 Å². The van der Waals surface area contributed by atoms with Crippen molar-refractivity contribution >= 4 is 11.7 Å². The highest BCUT2D eigenvalue weighted by Crippen LogP contribution is 1.92. The van der Waals surface area contributed by atoms with Gasteiger partial charge in [0.05, 0.1) is 0 Å². The lowest BCUT2D eigenvalue weighted by Crippen LogP contribution is -2.27. The number of amides is 1. The maximum absolute atomic E-state index is 11.6. The van der Waals surface area contributed by atoms with Crippen molar-refractivity contribution < 1.29 is 4.79 Å². The molecule has 0 atom stereocenters. The summed E-state index contributed by atoms with van der Waals surface area (Å²) < 4.78 is 1.17. The van der Waals surface area contributed by atoms with Crippen molar-refractivity contribution in [3.05, 3.63) is 40.6 Å². The van der Waals surface area contributed by atoms with E-state index in [1.807, 2.05) is 0 Å². The van der Waals surface area contributed by atoms with E-state index in [9.17, 15) is 9.59 Å². The topological polar surface area (TPSA) is 90.3 Å². The van der Waals surface area contributed by atoms with Gasteiger partial charge in [0.25, 0.3) is 11.5 Å². The standard InChI is InChI=1S/C8H6N4O2/c9-6(13)5-4-11-8-10-2-1-3-12(8)7(5)14/h1-4H,(H2,9,13). The smallest absolute Gasteiger partial charge is 0.271 e. The number of fused-ring (bicyclic) bond motifs is 1. The summed E-state index contributed by atoms with van der Waals surface area (Å²) in [6, 6.07) is 1.57. The Balaban J connectivity index is 2.89. The van der Waals surface area contributed by atoms with Gasteiger partial charge in [-0.05, 0) is 6.07 Å². The van der Waals surface area contributed by atoms with E-state index in [0.29, 0.717) is 0 Å². The Morgan fingerprint density at radius 2 is 2.21 bits per heavy atom. The van der Waals surface area contributed by atoms with E-state index in [4.69, 9.17) is 5.73 Å². The Bertz CT molecular complexity index is 561. The van der Waals surface area contributed by atoms with E-state index in [1.54, 1.807) is 6.07 Å². The van der Waals surface area contributed by atoms with Crippen LogP contribution in [0.3, 0.4) is 0 Å². The molecule has 2 aromatic heterocycles. The van der Waals surface area contributed by atoms with Crippen molar-refractivity contribution in [3.8, 4) is 0 Å². The average Bonchev–Trinajstić information content (AvgIpc) is 2.18. The lowest BCUT2D eigenvalue weighted by atomic mass is 10.3. The van der Waals surface area contributed by atoms with E-state index in [2.05, 4.69) is 9.97 Å². The highest BCUT2D eigenvalue weighted by atomic mass is 16.2. The van der Waals surface area contributed by atoms with Crippen LogP contribution in [0.5, 0.6) is 0 Å². The molecule has 14 heavy (non-hydrogen) atoms. The first-order valence-corrected chi connectivity index (χ1v) is 3.82. The fourth-order valence-corrected chi connectivity index (χ4v) is 1.09. The van der Waals surface area contributed by atoms with Crippen LogP contribution < -0.4 is 11.3 Å². The third kappa shape index (κ3) is 1.13. The third-order valence-electron chi connectivity index (χ3n) is 1.75. The molecule has 0 unspecified atom stereocenters. The zero-order valence-electron chi connectivity index (χ0n) is 7.04. The number of rotatable bonds is 1. The first kappa shape index (κ1) is 8.36. The molecule has 0 aliphatic carbocycles. The van der Waals surface area contributed by atoms with E-state index in [1.165, 1.54) is 16.8 Å². The molecule has 0 spiro atoms. The molecule has 0 saturated carbocycles. The first-order valence-electron chi connectivity index (χ1n) is 3.82. The molecule has 0 aromatic carbocycles. The van der Waals surface area contributed by atoms with Gasteiger partial charge in [0, 0.05) is 18.6 Å². The lowest BCUT2D eigenvalue weighted by molar-refractivity contribution is 0.0998. The van der Waals surface area contributed by atoms with Crippen LogP contribution in [0, 0.1) is 0 Å². The summed E-state index contributed by atoms with van der Waals surface area (Å²) in [5, 5.41) is 0. The summed E-state index contributed by atoms with van der Waals surface area (Å²) in [4.78, 5) is 30.0. The average molecular weight is 190 g/mol. The minimum atomic E-state index is -0.791. The highest BCUT2D eigenvalue weighted by Gasteiger charge is 2.09. The summed E-state index contributed by atoms with van der Waals surface area (Å²) in [5.41, 5.74) is 4.35. The van der Waals surface area contributed by atoms with Gasteiger partial charge in [0.2, 0.25) is 5.78 Å². The minimum absolute atomic E-state index is 0.143. The maximum atomic E-state index is 11.6. The second-order valence-electron chi connectivity index (χ2n) is 2.63. The summed E-state index contributed by atoms with van der Waals surface area (Å²) in [7, 11) is 0. The first-order chi connectivity index (χ1) is 6.70. The number of carbonyl (C=O) groups excluding carboxylic acids is 1. The number of nitrogens with zero attached hydrogens (tertiary/aromatic N) is 3. The van der Waals surface area contributed by atoms with Crippen LogP contribution >= 0.6 is 0 Å². The Hall–Kier alpha value is -2.24. The minimum Gasteiger partial charge on any atom is -0.365 e. The normalized spacial score (nSPS) is 10.3. The predicted octanol–water partition coefficient (Wildman–Crippen LogP) is -0.812. The molecule has 0 radical (unpaired) electrons. The van der Waals surface area contributed by atoms with Gasteiger partial charge in [-0.15, -0.1) is 0 Å². The van der Waals surface area contributed by atoms with Gasteiger partial charge in [-0.1, -0.05) is 0 Å². The van der Waals surface area contributed by atoms with Crippen molar-refractivity contribution in [2.75, 3.05) is 0 Å². The van der Waals surface area contributed by atoms with Crippen LogP contribution in [0.4, 0.5) is 0 Å². The molecule has 2 heterocycles. The molecule has 2 aromatic rings. The van der Waals surface area contributed by atoms with Crippen LogP contribution in [-0.2, 0) is 0 Å². The van der Waals surface area contributed by atoms with E-state index >= 15 is 0 Å². The largest absolute Gasteiger partial charge is 0.365 e. The molecule has 6 nitrogen and oxygen atoms in total. The summed E-state index contributed by atoms with van der Waals surface area (Å²) in [5.74, 6) is -0.553. The van der Waals surface area contributed by atoms with Crippen molar-refractivity contribution in [1.82, 2.24) is 14.4 Å². The van der Waals surface area contributed by atoms with Crippen molar-refractivity contribution in [3.63, 3.8) is 0 Å². The molecule has 0 aliphatic rings. The van der Waals surface area contributed by atoms with E-state index in [-0.39, 0.29) is 11.3 Å². The van der Waals surface area contributed by atoms with Crippen molar-refractivity contribution in [2.24, 2.45) is 5.73 Å². The number of primary amides is 1. The fourth-order valence-electron chi connectivity index (χ4n) is 1.09. The van der Waals surface area contributed by atoms with Gasteiger partial charge in [-0.25, -0.2) is 9.97 Å². The van der Waals surface area contributed by atoms with E-state index in [0.717, 1.165) is 6.20 Å². The molecule has 2 rings (SSSR count). The Labute approximate surface area is 78.0 Å². The van der Waals surface area contributed by atoms with Crippen LogP contribution in [0.1, 0.15) is 10.4 Å². The van der Waals surface area contributed by atoms with Crippen LogP contribution in [0.2, 0.25) is 0 Å². The number of hydrogen-bond acceptors (Lipinski definition) is 4. The van der Waals surface area contributed by atoms with Gasteiger partial charge in [0.15, 0.2) is 0 Å². The molecule has 0 aliphatic heterocycles. The zero-order valence-corrected chi connectivity index (χ0v) is 7.04. The van der Waals surface area contributed by atoms with Gasteiger partial charge < -0.3 is 5.73 Å². The second-order valence-corrected chi connectivity index (χ2v) is 2.63. The molecule has 0 saturated heterocycles.